The fourth-order valence-electron chi connectivity index (χ4n) is 3.42. The lowest BCUT2D eigenvalue weighted by Gasteiger charge is -2.40. The molecule has 5 heteroatoms. The van der Waals surface area contributed by atoms with Crippen LogP contribution in [0.1, 0.15) is 39.2 Å². The number of carbonyl (C=O) groups is 1. The molecule has 1 aromatic heterocycles. The van der Waals surface area contributed by atoms with Gasteiger partial charge in [0.2, 0.25) is 5.91 Å². The quantitative estimate of drug-likeness (QED) is 0.920. The van der Waals surface area contributed by atoms with Gasteiger partial charge >= 0.3 is 0 Å². The summed E-state index contributed by atoms with van der Waals surface area (Å²) in [6.45, 7) is 9.90. The van der Waals surface area contributed by atoms with Gasteiger partial charge in [-0.2, -0.15) is 0 Å². The molecule has 0 saturated carbocycles. The first-order valence-corrected chi connectivity index (χ1v) is 8.79. The fourth-order valence-corrected chi connectivity index (χ4v) is 3.42. The second kappa shape index (κ2) is 7.51. The number of hydrogen-bond donors (Lipinski definition) is 1. The zero-order valence-corrected chi connectivity index (χ0v) is 15.6. The van der Waals surface area contributed by atoms with Crippen LogP contribution in [0.2, 0.25) is 0 Å². The standard InChI is InChI=1S/C19H31N3O2/c1-14-6-7-17(20-12-14)22-10-8-15(9-11-22)18(24)21(5)16(13-23)19(2,3)4/h6-7,12,15-16,23H,8-11,13H2,1-5H3/t16-/m0/s1. The average Bonchev–Trinajstić information content (AvgIpc) is 2.54. The molecule has 0 spiro atoms. The van der Waals surface area contributed by atoms with Gasteiger partial charge in [-0.05, 0) is 36.8 Å². The highest BCUT2D eigenvalue weighted by Crippen LogP contribution is 2.28. The van der Waals surface area contributed by atoms with Gasteiger partial charge < -0.3 is 14.9 Å². The molecule has 1 aliphatic rings. The number of aliphatic hydroxyl groups excluding tert-OH is 1. The predicted molar refractivity (Wildman–Crippen MR) is 97.0 cm³/mol. The van der Waals surface area contributed by atoms with Crippen molar-refractivity contribution in [2.45, 2.75) is 46.6 Å². The van der Waals surface area contributed by atoms with E-state index in [1.807, 2.05) is 26.2 Å². The van der Waals surface area contributed by atoms with E-state index in [1.165, 1.54) is 0 Å². The van der Waals surface area contributed by atoms with Crippen molar-refractivity contribution in [2.24, 2.45) is 11.3 Å². The number of likely N-dealkylation sites (N-methyl/N-ethyl adjacent to an activating group) is 1. The summed E-state index contributed by atoms with van der Waals surface area (Å²) in [5.41, 5.74) is 1.02. The van der Waals surface area contributed by atoms with Crippen LogP contribution in [0.15, 0.2) is 18.3 Å². The number of anilines is 1. The summed E-state index contributed by atoms with van der Waals surface area (Å²) in [7, 11) is 1.82. The Labute approximate surface area is 145 Å². The number of aromatic nitrogens is 1. The molecule has 24 heavy (non-hydrogen) atoms. The molecular formula is C19H31N3O2. The SMILES string of the molecule is Cc1ccc(N2CCC(C(=O)N(C)[C@@H](CO)C(C)(C)C)CC2)nc1. The van der Waals surface area contributed by atoms with E-state index < -0.39 is 0 Å². The highest BCUT2D eigenvalue weighted by Gasteiger charge is 2.35. The first-order chi connectivity index (χ1) is 11.2. The Morgan fingerprint density at radius 2 is 2.00 bits per heavy atom. The molecule has 1 atom stereocenters. The van der Waals surface area contributed by atoms with Crippen molar-refractivity contribution in [3.63, 3.8) is 0 Å². The Kier molecular flexibility index (Phi) is 5.86. The molecule has 0 aromatic carbocycles. The molecule has 1 saturated heterocycles. The monoisotopic (exact) mass is 333 g/mol. The Bertz CT molecular complexity index is 543. The predicted octanol–water partition coefficient (Wildman–Crippen LogP) is 2.47. The van der Waals surface area contributed by atoms with Gasteiger partial charge in [-0.1, -0.05) is 26.8 Å². The van der Waals surface area contributed by atoms with Gasteiger partial charge in [0.05, 0.1) is 12.6 Å². The highest BCUT2D eigenvalue weighted by atomic mass is 16.3. The average molecular weight is 333 g/mol. The smallest absolute Gasteiger partial charge is 0.225 e. The zero-order chi connectivity index (χ0) is 17.9. The van der Waals surface area contributed by atoms with E-state index >= 15 is 0 Å². The lowest BCUT2D eigenvalue weighted by Crippen LogP contribution is -2.50. The summed E-state index contributed by atoms with van der Waals surface area (Å²) in [6.07, 6.45) is 3.55. The van der Waals surface area contributed by atoms with Gasteiger partial charge in [-0.3, -0.25) is 4.79 Å². The summed E-state index contributed by atoms with van der Waals surface area (Å²) < 4.78 is 0. The van der Waals surface area contributed by atoms with Gasteiger partial charge in [0.1, 0.15) is 5.82 Å². The molecule has 0 radical (unpaired) electrons. The first kappa shape index (κ1) is 18.7. The number of pyridine rings is 1. The van der Waals surface area contributed by atoms with Crippen LogP contribution in [0.3, 0.4) is 0 Å². The van der Waals surface area contributed by atoms with Crippen molar-refractivity contribution in [3.05, 3.63) is 23.9 Å². The van der Waals surface area contributed by atoms with Crippen molar-refractivity contribution >= 4 is 11.7 Å². The molecule has 1 N–H and O–H groups in total. The minimum absolute atomic E-state index is 0.00211. The van der Waals surface area contributed by atoms with Gasteiger partial charge in [0.15, 0.2) is 0 Å². The minimum Gasteiger partial charge on any atom is -0.394 e. The van der Waals surface area contributed by atoms with Gasteiger partial charge in [-0.15, -0.1) is 0 Å². The van der Waals surface area contributed by atoms with E-state index in [0.29, 0.717) is 0 Å². The van der Waals surface area contributed by atoms with Crippen LogP contribution in [0.4, 0.5) is 5.82 Å². The van der Waals surface area contributed by atoms with Crippen molar-refractivity contribution < 1.29 is 9.90 Å². The second-order valence-electron chi connectivity index (χ2n) is 7.97. The molecule has 134 valence electrons. The fraction of sp³-hybridized carbons (Fsp3) is 0.684. The molecule has 0 aliphatic carbocycles. The maximum Gasteiger partial charge on any atom is 0.225 e. The number of aliphatic hydroxyl groups is 1. The van der Waals surface area contributed by atoms with Gasteiger partial charge in [-0.25, -0.2) is 4.98 Å². The Morgan fingerprint density at radius 1 is 1.38 bits per heavy atom. The Hall–Kier alpha value is -1.62. The van der Waals surface area contributed by atoms with Crippen molar-refractivity contribution in [3.8, 4) is 0 Å². The molecule has 0 bridgehead atoms. The van der Waals surface area contributed by atoms with Crippen LogP contribution in [0, 0.1) is 18.3 Å². The lowest BCUT2D eigenvalue weighted by atomic mass is 9.85. The third-order valence-corrected chi connectivity index (χ3v) is 5.05. The Morgan fingerprint density at radius 3 is 2.46 bits per heavy atom. The summed E-state index contributed by atoms with van der Waals surface area (Å²) in [5.74, 6) is 1.18. The normalized spacial score (nSPS) is 17.7. The topological polar surface area (TPSA) is 56.7 Å². The number of nitrogens with zero attached hydrogens (tertiary/aromatic N) is 3. The highest BCUT2D eigenvalue weighted by molar-refractivity contribution is 5.79. The summed E-state index contributed by atoms with van der Waals surface area (Å²) in [5, 5.41) is 9.68. The third kappa shape index (κ3) is 4.26. The molecule has 1 aromatic rings. The molecule has 2 heterocycles. The molecule has 2 rings (SSSR count). The number of amides is 1. The maximum absolute atomic E-state index is 12.8. The third-order valence-electron chi connectivity index (χ3n) is 5.05. The summed E-state index contributed by atoms with van der Waals surface area (Å²) in [4.78, 5) is 21.3. The van der Waals surface area contributed by atoms with Crippen molar-refractivity contribution in [1.29, 1.82) is 0 Å². The minimum atomic E-state index is -0.151. The maximum atomic E-state index is 12.8. The molecule has 1 aliphatic heterocycles. The zero-order valence-electron chi connectivity index (χ0n) is 15.6. The molecule has 1 amide bonds. The van der Waals surface area contributed by atoms with E-state index in [2.05, 4.69) is 36.7 Å². The largest absolute Gasteiger partial charge is 0.394 e. The molecule has 1 fully saturated rings. The van der Waals surface area contributed by atoms with Crippen molar-refractivity contribution in [2.75, 3.05) is 31.6 Å². The van der Waals surface area contributed by atoms with E-state index in [1.54, 1.807) is 4.90 Å². The van der Waals surface area contributed by atoms with E-state index in [0.717, 1.165) is 37.3 Å². The van der Waals surface area contributed by atoms with Crippen LogP contribution in [0.5, 0.6) is 0 Å². The van der Waals surface area contributed by atoms with Crippen LogP contribution in [-0.2, 0) is 4.79 Å². The van der Waals surface area contributed by atoms with Crippen LogP contribution >= 0.6 is 0 Å². The summed E-state index contributed by atoms with van der Waals surface area (Å²) in [6, 6.07) is 3.97. The van der Waals surface area contributed by atoms with Gasteiger partial charge in [0.25, 0.3) is 0 Å². The number of aryl methyl sites for hydroxylation is 1. The number of carbonyl (C=O) groups excluding carboxylic acids is 1. The second-order valence-corrected chi connectivity index (χ2v) is 7.97. The molecular weight excluding hydrogens is 302 g/mol. The van der Waals surface area contributed by atoms with Crippen molar-refractivity contribution in [1.82, 2.24) is 9.88 Å². The van der Waals surface area contributed by atoms with Gasteiger partial charge in [0, 0.05) is 32.3 Å². The van der Waals surface area contributed by atoms with E-state index in [-0.39, 0.29) is 29.9 Å². The summed E-state index contributed by atoms with van der Waals surface area (Å²) >= 11 is 0. The van der Waals surface area contributed by atoms with Crippen LogP contribution in [0.25, 0.3) is 0 Å². The number of piperidine rings is 1. The van der Waals surface area contributed by atoms with E-state index in [9.17, 15) is 9.90 Å². The Balaban J connectivity index is 1.96. The van der Waals surface area contributed by atoms with E-state index in [4.69, 9.17) is 0 Å². The number of rotatable bonds is 4. The van der Waals surface area contributed by atoms with Crippen LogP contribution < -0.4 is 4.90 Å². The first-order valence-electron chi connectivity index (χ1n) is 8.79. The van der Waals surface area contributed by atoms with Crippen LogP contribution in [-0.4, -0.2) is 53.7 Å². The molecule has 5 nitrogen and oxygen atoms in total. The lowest BCUT2D eigenvalue weighted by molar-refractivity contribution is -0.140. The molecule has 0 unspecified atom stereocenters. The number of hydrogen-bond acceptors (Lipinski definition) is 4.